The highest BCUT2D eigenvalue weighted by Gasteiger charge is 2.32. The van der Waals surface area contributed by atoms with Gasteiger partial charge in [-0.15, -0.1) is 0 Å². The number of hydrogen-bond acceptors (Lipinski definition) is 3. The summed E-state index contributed by atoms with van der Waals surface area (Å²) in [6.45, 7) is 0.956. The van der Waals surface area contributed by atoms with Gasteiger partial charge in [0.25, 0.3) is 0 Å². The Morgan fingerprint density at radius 3 is 3.21 bits per heavy atom. The number of nitrogens with one attached hydrogen (secondary N) is 1. The van der Waals surface area contributed by atoms with Crippen molar-refractivity contribution < 1.29 is 0 Å². The zero-order valence-electron chi connectivity index (χ0n) is 8.24. The lowest BCUT2D eigenvalue weighted by atomic mass is 9.79. The highest BCUT2D eigenvalue weighted by atomic mass is 15.0. The number of hydrogen-bond donors (Lipinski definition) is 1. The second-order valence-corrected chi connectivity index (χ2v) is 4.31. The molecule has 0 radical (unpaired) electrons. The second-order valence-electron chi connectivity index (χ2n) is 4.31. The third kappa shape index (κ3) is 1.23. The minimum Gasteiger partial charge on any atom is -0.309 e. The molecule has 2 aliphatic rings. The summed E-state index contributed by atoms with van der Waals surface area (Å²) in [6, 6.07) is 0.672. The largest absolute Gasteiger partial charge is 0.309 e. The first-order valence-electron chi connectivity index (χ1n) is 5.47. The molecule has 14 heavy (non-hydrogen) atoms. The first-order valence-corrected chi connectivity index (χ1v) is 5.47. The van der Waals surface area contributed by atoms with Gasteiger partial charge in [-0.25, -0.2) is 9.97 Å². The molecular formula is C11H15N3. The molecule has 74 valence electrons. The molecule has 0 spiro atoms. The summed E-state index contributed by atoms with van der Waals surface area (Å²) in [5.74, 6) is 0.649. The van der Waals surface area contributed by atoms with Crippen LogP contribution in [0.4, 0.5) is 0 Å². The van der Waals surface area contributed by atoms with E-state index in [2.05, 4.69) is 15.3 Å². The Morgan fingerprint density at radius 2 is 2.21 bits per heavy atom. The molecule has 1 aromatic heterocycles. The van der Waals surface area contributed by atoms with Gasteiger partial charge >= 0.3 is 0 Å². The first-order chi connectivity index (χ1) is 6.95. The summed E-state index contributed by atoms with van der Waals surface area (Å²) in [5, 5.41) is 3.60. The van der Waals surface area contributed by atoms with E-state index in [1.54, 1.807) is 6.33 Å². The Balaban J connectivity index is 1.99. The van der Waals surface area contributed by atoms with Gasteiger partial charge in [0.2, 0.25) is 0 Å². The van der Waals surface area contributed by atoms with Crippen LogP contribution in [0, 0.1) is 0 Å². The Labute approximate surface area is 84.0 Å². The maximum atomic E-state index is 4.45. The summed E-state index contributed by atoms with van der Waals surface area (Å²) < 4.78 is 0. The maximum Gasteiger partial charge on any atom is 0.115 e. The Morgan fingerprint density at radius 1 is 1.29 bits per heavy atom. The topological polar surface area (TPSA) is 37.8 Å². The first kappa shape index (κ1) is 8.36. The standard InChI is InChI=1S/C11H15N3/c1-2-4-10-9(3-1)11-8(6-13-10)5-12-7-14-11/h5,7,9-10,13H,1-4,6H2/t9-,10-/m1/s1. The summed E-state index contributed by atoms with van der Waals surface area (Å²) in [7, 11) is 0. The highest BCUT2D eigenvalue weighted by Crippen LogP contribution is 2.36. The van der Waals surface area contributed by atoms with Gasteiger partial charge in [0.1, 0.15) is 6.33 Å². The van der Waals surface area contributed by atoms with Gasteiger partial charge in [-0.1, -0.05) is 12.8 Å². The van der Waals surface area contributed by atoms with Crippen molar-refractivity contribution >= 4 is 0 Å². The smallest absolute Gasteiger partial charge is 0.115 e. The molecule has 1 aromatic rings. The van der Waals surface area contributed by atoms with Gasteiger partial charge < -0.3 is 5.32 Å². The summed E-state index contributed by atoms with van der Waals surface area (Å²) in [5.41, 5.74) is 2.61. The van der Waals surface area contributed by atoms with Crippen molar-refractivity contribution in [3.8, 4) is 0 Å². The fourth-order valence-electron chi connectivity index (χ4n) is 2.78. The van der Waals surface area contributed by atoms with E-state index < -0.39 is 0 Å². The van der Waals surface area contributed by atoms with Crippen LogP contribution in [0.1, 0.15) is 42.9 Å². The Bertz CT molecular complexity index is 337. The van der Waals surface area contributed by atoms with Gasteiger partial charge in [-0.2, -0.15) is 0 Å². The van der Waals surface area contributed by atoms with Crippen molar-refractivity contribution in [3.05, 3.63) is 23.8 Å². The van der Waals surface area contributed by atoms with Gasteiger partial charge in [-0.3, -0.25) is 0 Å². The fourth-order valence-corrected chi connectivity index (χ4v) is 2.78. The van der Waals surface area contributed by atoms with Crippen LogP contribution < -0.4 is 5.32 Å². The summed E-state index contributed by atoms with van der Waals surface area (Å²) >= 11 is 0. The van der Waals surface area contributed by atoms with E-state index in [-0.39, 0.29) is 0 Å². The average molecular weight is 189 g/mol. The highest BCUT2D eigenvalue weighted by molar-refractivity contribution is 5.25. The molecule has 3 heteroatoms. The lowest BCUT2D eigenvalue weighted by molar-refractivity contribution is 0.301. The lowest BCUT2D eigenvalue weighted by Gasteiger charge is -2.36. The molecule has 0 amide bonds. The van der Waals surface area contributed by atoms with E-state index in [0.717, 1.165) is 6.54 Å². The van der Waals surface area contributed by atoms with Gasteiger partial charge in [0.15, 0.2) is 0 Å². The van der Waals surface area contributed by atoms with Crippen LogP contribution in [0.3, 0.4) is 0 Å². The van der Waals surface area contributed by atoms with Gasteiger partial charge in [-0.05, 0) is 12.8 Å². The van der Waals surface area contributed by atoms with Crippen molar-refractivity contribution in [2.24, 2.45) is 0 Å². The predicted octanol–water partition coefficient (Wildman–Crippen LogP) is 1.61. The molecule has 0 unspecified atom stereocenters. The van der Waals surface area contributed by atoms with Crippen LogP contribution in [0.5, 0.6) is 0 Å². The molecule has 0 bridgehead atoms. The quantitative estimate of drug-likeness (QED) is 0.673. The van der Waals surface area contributed by atoms with Crippen LogP contribution in [0.25, 0.3) is 0 Å². The fraction of sp³-hybridized carbons (Fsp3) is 0.636. The molecular weight excluding hydrogens is 174 g/mol. The van der Waals surface area contributed by atoms with Crippen molar-refractivity contribution in [2.75, 3.05) is 0 Å². The van der Waals surface area contributed by atoms with Crippen LogP contribution in [0.15, 0.2) is 12.5 Å². The normalized spacial score (nSPS) is 30.6. The molecule has 1 aliphatic carbocycles. The van der Waals surface area contributed by atoms with E-state index in [9.17, 15) is 0 Å². The van der Waals surface area contributed by atoms with Crippen molar-refractivity contribution in [2.45, 2.75) is 44.2 Å². The van der Waals surface area contributed by atoms with Crippen molar-refractivity contribution in [1.29, 1.82) is 0 Å². The van der Waals surface area contributed by atoms with E-state index >= 15 is 0 Å². The zero-order chi connectivity index (χ0) is 9.38. The number of nitrogens with zero attached hydrogens (tertiary/aromatic N) is 2. The van der Waals surface area contributed by atoms with Crippen LogP contribution in [-0.4, -0.2) is 16.0 Å². The van der Waals surface area contributed by atoms with Crippen LogP contribution in [0.2, 0.25) is 0 Å². The van der Waals surface area contributed by atoms with Crippen LogP contribution in [-0.2, 0) is 6.54 Å². The monoisotopic (exact) mass is 189 g/mol. The van der Waals surface area contributed by atoms with Gasteiger partial charge in [0, 0.05) is 30.3 Å². The molecule has 0 saturated heterocycles. The Kier molecular flexibility index (Phi) is 1.98. The molecule has 2 atom stereocenters. The molecule has 1 saturated carbocycles. The predicted molar refractivity (Wildman–Crippen MR) is 53.9 cm³/mol. The van der Waals surface area contributed by atoms with Crippen LogP contribution >= 0.6 is 0 Å². The summed E-state index contributed by atoms with van der Waals surface area (Å²) in [4.78, 5) is 8.54. The zero-order valence-corrected chi connectivity index (χ0v) is 8.24. The number of fused-ring (bicyclic) bond motifs is 3. The number of rotatable bonds is 0. The molecule has 1 N–H and O–H groups in total. The molecule has 2 heterocycles. The molecule has 3 nitrogen and oxygen atoms in total. The molecule has 1 fully saturated rings. The van der Waals surface area contributed by atoms with E-state index in [4.69, 9.17) is 0 Å². The van der Waals surface area contributed by atoms with E-state index in [1.807, 2.05) is 6.20 Å². The summed E-state index contributed by atoms with van der Waals surface area (Å²) in [6.07, 6.45) is 8.98. The Hall–Kier alpha value is -0.960. The molecule has 1 aliphatic heterocycles. The minimum absolute atomic E-state index is 0.649. The maximum absolute atomic E-state index is 4.45. The third-order valence-electron chi connectivity index (χ3n) is 3.49. The minimum atomic E-state index is 0.649. The lowest BCUT2D eigenvalue weighted by Crippen LogP contribution is -2.41. The molecule has 3 rings (SSSR count). The molecule has 0 aromatic carbocycles. The SMILES string of the molecule is c1ncc2c(n1)[C@@H]1CCCC[C@H]1NC2. The number of aromatic nitrogens is 2. The second kappa shape index (κ2) is 3.31. The van der Waals surface area contributed by atoms with Crippen molar-refractivity contribution in [3.63, 3.8) is 0 Å². The van der Waals surface area contributed by atoms with Crippen molar-refractivity contribution in [1.82, 2.24) is 15.3 Å². The van der Waals surface area contributed by atoms with E-state index in [0.29, 0.717) is 12.0 Å². The average Bonchev–Trinajstić information content (AvgIpc) is 2.29. The van der Waals surface area contributed by atoms with E-state index in [1.165, 1.54) is 36.9 Å². The third-order valence-corrected chi connectivity index (χ3v) is 3.49. The van der Waals surface area contributed by atoms with Gasteiger partial charge in [0.05, 0.1) is 5.69 Å².